The first-order valence-corrected chi connectivity index (χ1v) is 5.83. The van der Waals surface area contributed by atoms with Gasteiger partial charge in [-0.1, -0.05) is 6.07 Å². The van der Waals surface area contributed by atoms with Crippen LogP contribution in [0.4, 0.5) is 0 Å². The van der Waals surface area contributed by atoms with Crippen LogP contribution in [0, 0.1) is 6.92 Å². The summed E-state index contributed by atoms with van der Waals surface area (Å²) in [4.78, 5) is 8.42. The lowest BCUT2D eigenvalue weighted by Crippen LogP contribution is -2.13. The number of hydrogen-bond acceptors (Lipinski definition) is 3. The lowest BCUT2D eigenvalue weighted by atomic mass is 10.00. The van der Waals surface area contributed by atoms with Crippen LogP contribution in [-0.2, 0) is 6.42 Å². The molecule has 0 aliphatic rings. The van der Waals surface area contributed by atoms with Crippen molar-refractivity contribution in [3.05, 3.63) is 59.7 Å². The molecule has 2 heterocycles. The van der Waals surface area contributed by atoms with Gasteiger partial charge in [-0.15, -0.1) is 0 Å². The average molecular weight is 227 g/mol. The van der Waals surface area contributed by atoms with Gasteiger partial charge in [-0.3, -0.25) is 9.97 Å². The van der Waals surface area contributed by atoms with Crippen molar-refractivity contribution < 1.29 is 0 Å². The Morgan fingerprint density at radius 1 is 1.24 bits per heavy atom. The minimum atomic E-state index is 0.0331. The van der Waals surface area contributed by atoms with Crippen molar-refractivity contribution in [2.45, 2.75) is 25.8 Å². The summed E-state index contributed by atoms with van der Waals surface area (Å²) in [6.07, 6.45) is 7.26. The Morgan fingerprint density at radius 3 is 2.82 bits per heavy atom. The molecule has 17 heavy (non-hydrogen) atoms. The van der Waals surface area contributed by atoms with E-state index in [0.29, 0.717) is 0 Å². The number of hydrogen-bond donors (Lipinski definition) is 1. The zero-order valence-corrected chi connectivity index (χ0v) is 10.0. The molecular formula is C14H17N3. The van der Waals surface area contributed by atoms with E-state index in [-0.39, 0.29) is 6.04 Å². The van der Waals surface area contributed by atoms with E-state index in [9.17, 15) is 0 Å². The van der Waals surface area contributed by atoms with E-state index in [0.717, 1.165) is 24.1 Å². The van der Waals surface area contributed by atoms with Crippen LogP contribution in [0.1, 0.15) is 29.3 Å². The molecule has 0 spiro atoms. The Kier molecular flexibility index (Phi) is 3.83. The molecule has 0 saturated carbocycles. The van der Waals surface area contributed by atoms with E-state index in [1.165, 1.54) is 5.56 Å². The van der Waals surface area contributed by atoms with E-state index in [2.05, 4.69) is 16.9 Å². The summed E-state index contributed by atoms with van der Waals surface area (Å²) in [5.74, 6) is 0. The molecule has 0 fully saturated rings. The highest BCUT2D eigenvalue weighted by Gasteiger charge is 2.09. The minimum absolute atomic E-state index is 0.0331. The van der Waals surface area contributed by atoms with Gasteiger partial charge in [-0.2, -0.15) is 0 Å². The molecule has 0 aliphatic heterocycles. The van der Waals surface area contributed by atoms with Gasteiger partial charge in [-0.05, 0) is 49.1 Å². The molecule has 0 bridgehead atoms. The van der Waals surface area contributed by atoms with Gasteiger partial charge in [0.05, 0.1) is 0 Å². The molecule has 2 N–H and O–H groups in total. The van der Waals surface area contributed by atoms with Crippen LogP contribution in [0.15, 0.2) is 42.9 Å². The summed E-state index contributed by atoms with van der Waals surface area (Å²) in [5.41, 5.74) is 9.59. The summed E-state index contributed by atoms with van der Waals surface area (Å²) < 4.78 is 0. The fourth-order valence-electron chi connectivity index (χ4n) is 1.87. The first kappa shape index (κ1) is 11.7. The second kappa shape index (κ2) is 5.55. The van der Waals surface area contributed by atoms with E-state index in [4.69, 9.17) is 5.73 Å². The molecule has 0 saturated heterocycles. The number of rotatable bonds is 4. The van der Waals surface area contributed by atoms with E-state index < -0.39 is 0 Å². The molecule has 88 valence electrons. The predicted molar refractivity (Wildman–Crippen MR) is 68.5 cm³/mol. The molecule has 2 aromatic rings. The van der Waals surface area contributed by atoms with Crippen molar-refractivity contribution in [1.29, 1.82) is 0 Å². The number of aryl methyl sites for hydroxylation is 2. The van der Waals surface area contributed by atoms with E-state index >= 15 is 0 Å². The predicted octanol–water partition coefficient (Wildman–Crippen LogP) is 2.42. The maximum atomic E-state index is 6.18. The Hall–Kier alpha value is -1.74. The van der Waals surface area contributed by atoms with E-state index in [1.54, 1.807) is 6.20 Å². The lowest BCUT2D eigenvalue weighted by Gasteiger charge is -2.13. The third-order valence-corrected chi connectivity index (χ3v) is 2.92. The first-order chi connectivity index (χ1) is 8.27. The van der Waals surface area contributed by atoms with Gasteiger partial charge in [0.25, 0.3) is 0 Å². The SMILES string of the molecule is Cc1ccncc1C(N)CCc1ccccn1. The molecule has 3 heteroatoms. The van der Waals surface area contributed by atoms with Crippen molar-refractivity contribution in [2.75, 3.05) is 0 Å². The fourth-order valence-corrected chi connectivity index (χ4v) is 1.87. The maximum Gasteiger partial charge on any atom is 0.0404 e. The number of nitrogens with zero attached hydrogens (tertiary/aromatic N) is 2. The molecule has 0 amide bonds. The van der Waals surface area contributed by atoms with E-state index in [1.807, 2.05) is 36.7 Å². The van der Waals surface area contributed by atoms with Crippen molar-refractivity contribution in [3.63, 3.8) is 0 Å². The van der Waals surface area contributed by atoms with Crippen LogP contribution in [0.2, 0.25) is 0 Å². The third-order valence-electron chi connectivity index (χ3n) is 2.92. The normalized spacial score (nSPS) is 12.4. The van der Waals surface area contributed by atoms with Crippen molar-refractivity contribution in [1.82, 2.24) is 9.97 Å². The molecule has 3 nitrogen and oxygen atoms in total. The van der Waals surface area contributed by atoms with Gasteiger partial charge in [0.1, 0.15) is 0 Å². The topological polar surface area (TPSA) is 51.8 Å². The van der Waals surface area contributed by atoms with Crippen LogP contribution < -0.4 is 5.73 Å². The summed E-state index contributed by atoms with van der Waals surface area (Å²) in [7, 11) is 0. The first-order valence-electron chi connectivity index (χ1n) is 5.83. The Balaban J connectivity index is 1.99. The van der Waals surface area contributed by atoms with Gasteiger partial charge >= 0.3 is 0 Å². The highest BCUT2D eigenvalue weighted by molar-refractivity contribution is 5.24. The summed E-state index contributed by atoms with van der Waals surface area (Å²) in [6, 6.07) is 7.99. The largest absolute Gasteiger partial charge is 0.324 e. The Bertz CT molecular complexity index is 468. The third kappa shape index (κ3) is 3.11. The van der Waals surface area contributed by atoms with Crippen LogP contribution >= 0.6 is 0 Å². The molecule has 0 aliphatic carbocycles. The Labute approximate surface area is 102 Å². The van der Waals surface area contributed by atoms with Crippen LogP contribution in [0.3, 0.4) is 0 Å². The van der Waals surface area contributed by atoms with Crippen molar-refractivity contribution in [2.24, 2.45) is 5.73 Å². The highest BCUT2D eigenvalue weighted by Crippen LogP contribution is 2.18. The maximum absolute atomic E-state index is 6.18. The van der Waals surface area contributed by atoms with Gasteiger partial charge < -0.3 is 5.73 Å². The summed E-state index contributed by atoms with van der Waals surface area (Å²) >= 11 is 0. The fraction of sp³-hybridized carbons (Fsp3) is 0.286. The quantitative estimate of drug-likeness (QED) is 0.872. The highest BCUT2D eigenvalue weighted by atomic mass is 14.7. The van der Waals surface area contributed by atoms with Gasteiger partial charge in [0.2, 0.25) is 0 Å². The van der Waals surface area contributed by atoms with Crippen LogP contribution in [0.25, 0.3) is 0 Å². The minimum Gasteiger partial charge on any atom is -0.324 e. The van der Waals surface area contributed by atoms with Crippen LogP contribution in [0.5, 0.6) is 0 Å². The molecule has 1 atom stereocenters. The molecule has 0 aromatic carbocycles. The Morgan fingerprint density at radius 2 is 2.12 bits per heavy atom. The average Bonchev–Trinajstić information content (AvgIpc) is 2.38. The van der Waals surface area contributed by atoms with Gasteiger partial charge in [0, 0.05) is 30.3 Å². The summed E-state index contributed by atoms with van der Waals surface area (Å²) in [5, 5.41) is 0. The monoisotopic (exact) mass is 227 g/mol. The molecule has 0 radical (unpaired) electrons. The second-order valence-electron chi connectivity index (χ2n) is 4.20. The smallest absolute Gasteiger partial charge is 0.0404 e. The van der Waals surface area contributed by atoms with Crippen LogP contribution in [-0.4, -0.2) is 9.97 Å². The summed E-state index contributed by atoms with van der Waals surface area (Å²) in [6.45, 7) is 2.07. The standard InChI is InChI=1S/C14H17N3/c1-11-7-9-16-10-13(11)14(15)6-5-12-4-2-3-8-17-12/h2-4,7-10,14H,5-6,15H2,1H3. The number of nitrogens with two attached hydrogens (primary N) is 1. The molecular weight excluding hydrogens is 210 g/mol. The zero-order valence-electron chi connectivity index (χ0n) is 10.0. The molecule has 2 rings (SSSR count). The van der Waals surface area contributed by atoms with Gasteiger partial charge in [0.15, 0.2) is 0 Å². The lowest BCUT2D eigenvalue weighted by molar-refractivity contribution is 0.638. The molecule has 2 aromatic heterocycles. The van der Waals surface area contributed by atoms with Crippen molar-refractivity contribution in [3.8, 4) is 0 Å². The number of aromatic nitrogens is 2. The second-order valence-corrected chi connectivity index (χ2v) is 4.20. The van der Waals surface area contributed by atoms with Crippen molar-refractivity contribution >= 4 is 0 Å². The molecule has 1 unspecified atom stereocenters. The van der Waals surface area contributed by atoms with Gasteiger partial charge in [-0.25, -0.2) is 0 Å². The number of pyridine rings is 2. The zero-order chi connectivity index (χ0) is 12.1.